The molecule has 0 aliphatic rings. The van der Waals surface area contributed by atoms with Crippen molar-refractivity contribution in [2.75, 3.05) is 39.6 Å². The quantitative estimate of drug-likeness (QED) is 0.0169. The summed E-state index contributed by atoms with van der Waals surface area (Å²) in [7, 11) is -10.0. The summed E-state index contributed by atoms with van der Waals surface area (Å²) in [6, 6.07) is 0. The summed E-state index contributed by atoms with van der Waals surface area (Å²) in [4.78, 5) is 72.9. The van der Waals surface area contributed by atoms with E-state index in [0.29, 0.717) is 32.1 Å². The fraction of sp³-hybridized carbons (Fsp3) is 0.624. The maximum absolute atomic E-state index is 13.1. The summed E-state index contributed by atoms with van der Waals surface area (Å²) in [6.45, 7) is 4.40. The standard InChI is InChI=1S/C85H138O17P2/c1-5-9-13-17-21-25-29-33-35-37-39-41-43-47-50-54-58-62-66-70-83(88)96-76-81(102-85(90)72-68-64-60-56-52-48-44-42-40-38-36-34-30-26-22-18-14-10-6-2)78-100-104(93,94)98-74-79(86)73-97-103(91,92)99-77-80(101-84(89)71-67-63-59-55-51-46-32-28-24-20-16-12-8-4)75-95-82(87)69-65-61-57-53-49-45-31-27-23-19-15-11-7-3/h9-10,13-15,19,21-22,25-28,31-36,39-42,47-48,50,52,58,62,79-81,86H,5-8,11-12,16-18,20,23-24,29-30,37-38,43-46,49,51,53-57,59-61,63-78H2,1-4H3,(H,91,92)(H,93,94)/b13-9-,14-10-,19-15-,25-21-,26-22-,31-27-,32-28-,35-33-,36-34-,41-39-,42-40-,50-47-,52-48-,62-58-. The third-order valence-corrected chi connectivity index (χ3v) is 17.5. The van der Waals surface area contributed by atoms with Crippen LogP contribution >= 0.6 is 15.6 Å². The van der Waals surface area contributed by atoms with Gasteiger partial charge in [-0.3, -0.25) is 37.3 Å². The zero-order valence-electron chi connectivity index (χ0n) is 64.4. The fourth-order valence-electron chi connectivity index (χ4n) is 9.72. The van der Waals surface area contributed by atoms with Gasteiger partial charge in [-0.1, -0.05) is 268 Å². The van der Waals surface area contributed by atoms with Crippen LogP contribution in [0.1, 0.15) is 285 Å². The van der Waals surface area contributed by atoms with Crippen LogP contribution in [0.25, 0.3) is 0 Å². The van der Waals surface area contributed by atoms with Crippen LogP contribution in [0.3, 0.4) is 0 Å². The van der Waals surface area contributed by atoms with Crippen LogP contribution in [0.4, 0.5) is 0 Å². The molecule has 5 unspecified atom stereocenters. The van der Waals surface area contributed by atoms with Crippen LogP contribution in [0.5, 0.6) is 0 Å². The number of esters is 4. The van der Waals surface area contributed by atoms with Gasteiger partial charge in [-0.2, -0.15) is 0 Å². The lowest BCUT2D eigenvalue weighted by Crippen LogP contribution is -2.30. The lowest BCUT2D eigenvalue weighted by molar-refractivity contribution is -0.161. The number of carbonyl (C=O) groups excluding carboxylic acids is 4. The Bertz CT molecular complexity index is 2640. The monoisotopic (exact) mass is 1490 g/mol. The Balaban J connectivity index is 5.49. The number of phosphoric acid groups is 2. The first-order valence-corrected chi connectivity index (χ1v) is 42.4. The van der Waals surface area contributed by atoms with Crippen molar-refractivity contribution in [2.24, 2.45) is 0 Å². The molecule has 0 aliphatic heterocycles. The molecule has 0 spiro atoms. The zero-order chi connectivity index (χ0) is 76.0. The first kappa shape index (κ1) is 98.4. The molecule has 19 heteroatoms. The van der Waals surface area contributed by atoms with Crippen molar-refractivity contribution >= 4 is 39.5 Å². The van der Waals surface area contributed by atoms with Crippen molar-refractivity contribution in [3.8, 4) is 0 Å². The van der Waals surface area contributed by atoms with Gasteiger partial charge in [0.05, 0.1) is 26.4 Å². The van der Waals surface area contributed by atoms with Crippen LogP contribution in [0.15, 0.2) is 170 Å². The Morgan fingerprint density at radius 2 is 0.538 bits per heavy atom. The van der Waals surface area contributed by atoms with E-state index in [4.69, 9.17) is 37.0 Å². The van der Waals surface area contributed by atoms with Crippen LogP contribution in [0, 0.1) is 0 Å². The number of aliphatic hydroxyl groups excluding tert-OH is 1. The molecular formula is C85H138O17P2. The number of hydrogen-bond donors (Lipinski definition) is 3. The molecule has 0 radical (unpaired) electrons. The molecule has 0 aromatic carbocycles. The largest absolute Gasteiger partial charge is 0.472 e. The minimum Gasteiger partial charge on any atom is -0.462 e. The van der Waals surface area contributed by atoms with Gasteiger partial charge in [0, 0.05) is 25.7 Å². The van der Waals surface area contributed by atoms with Crippen LogP contribution in [0.2, 0.25) is 0 Å². The molecule has 0 amide bonds. The van der Waals surface area contributed by atoms with Gasteiger partial charge in [0.1, 0.15) is 19.3 Å². The minimum absolute atomic E-state index is 0.0218. The Morgan fingerprint density at radius 1 is 0.279 bits per heavy atom. The van der Waals surface area contributed by atoms with E-state index in [1.54, 1.807) is 0 Å². The summed E-state index contributed by atoms with van der Waals surface area (Å²) in [5, 5.41) is 10.6. The highest BCUT2D eigenvalue weighted by atomic mass is 31.2. The first-order chi connectivity index (χ1) is 50.7. The van der Waals surface area contributed by atoms with Crippen molar-refractivity contribution in [2.45, 2.75) is 303 Å². The summed E-state index contributed by atoms with van der Waals surface area (Å²) in [6.07, 6.45) is 89.3. The molecule has 3 N–H and O–H groups in total. The van der Waals surface area contributed by atoms with Gasteiger partial charge in [0.2, 0.25) is 0 Å². The molecule has 104 heavy (non-hydrogen) atoms. The molecule has 0 saturated carbocycles. The number of aliphatic hydroxyl groups is 1. The Labute approximate surface area is 629 Å². The maximum Gasteiger partial charge on any atom is 0.472 e. The highest BCUT2D eigenvalue weighted by Crippen LogP contribution is 2.45. The van der Waals surface area contributed by atoms with Gasteiger partial charge < -0.3 is 33.8 Å². The van der Waals surface area contributed by atoms with Gasteiger partial charge in [0.15, 0.2) is 12.2 Å². The van der Waals surface area contributed by atoms with E-state index in [1.807, 2.05) is 18.2 Å². The van der Waals surface area contributed by atoms with E-state index in [9.17, 15) is 43.2 Å². The van der Waals surface area contributed by atoms with Gasteiger partial charge in [0.25, 0.3) is 0 Å². The molecule has 0 heterocycles. The molecule has 0 fully saturated rings. The van der Waals surface area contributed by atoms with Crippen molar-refractivity contribution in [1.29, 1.82) is 0 Å². The molecule has 0 saturated heterocycles. The van der Waals surface area contributed by atoms with Gasteiger partial charge in [-0.05, 0) is 161 Å². The molecule has 5 atom stereocenters. The average Bonchev–Trinajstić information content (AvgIpc) is 0.906. The van der Waals surface area contributed by atoms with E-state index in [0.717, 1.165) is 173 Å². The second kappa shape index (κ2) is 75.6. The first-order valence-electron chi connectivity index (χ1n) is 39.4. The van der Waals surface area contributed by atoms with Crippen molar-refractivity contribution in [3.63, 3.8) is 0 Å². The minimum atomic E-state index is -5.01. The number of allylic oxidation sites excluding steroid dienone is 28. The van der Waals surface area contributed by atoms with Crippen LogP contribution in [-0.4, -0.2) is 96.7 Å². The molecular weight excluding hydrogens is 1350 g/mol. The van der Waals surface area contributed by atoms with Crippen LogP contribution in [-0.2, 0) is 65.4 Å². The lowest BCUT2D eigenvalue weighted by Gasteiger charge is -2.21. The molecule has 0 aliphatic carbocycles. The topological polar surface area (TPSA) is 237 Å². The smallest absolute Gasteiger partial charge is 0.462 e. The average molecular weight is 1490 g/mol. The second-order valence-corrected chi connectivity index (χ2v) is 28.4. The third kappa shape index (κ3) is 74.7. The lowest BCUT2D eigenvalue weighted by atomic mass is 10.1. The van der Waals surface area contributed by atoms with E-state index >= 15 is 0 Å². The molecule has 0 aromatic heterocycles. The molecule has 590 valence electrons. The summed E-state index contributed by atoms with van der Waals surface area (Å²) < 4.78 is 68.4. The maximum atomic E-state index is 13.1. The predicted molar refractivity (Wildman–Crippen MR) is 426 cm³/mol. The van der Waals surface area contributed by atoms with E-state index in [-0.39, 0.29) is 25.7 Å². The Kier molecular flexibility index (Phi) is 71.6. The Hall–Kier alpha value is -5.58. The third-order valence-electron chi connectivity index (χ3n) is 15.6. The number of rotatable bonds is 72. The highest BCUT2D eigenvalue weighted by Gasteiger charge is 2.30. The van der Waals surface area contributed by atoms with Gasteiger partial charge in [-0.25, -0.2) is 9.13 Å². The van der Waals surface area contributed by atoms with Gasteiger partial charge in [-0.15, -0.1) is 0 Å². The summed E-state index contributed by atoms with van der Waals surface area (Å²) in [5.74, 6) is -2.35. The fourth-order valence-corrected chi connectivity index (χ4v) is 11.3. The number of carbonyl (C=O) groups is 4. The van der Waals surface area contributed by atoms with Crippen molar-refractivity contribution in [3.05, 3.63) is 170 Å². The number of phosphoric ester groups is 2. The van der Waals surface area contributed by atoms with Gasteiger partial charge >= 0.3 is 39.5 Å². The number of hydrogen-bond acceptors (Lipinski definition) is 15. The molecule has 0 rings (SSSR count). The molecule has 0 aromatic rings. The van der Waals surface area contributed by atoms with Crippen LogP contribution < -0.4 is 0 Å². The molecule has 17 nitrogen and oxygen atoms in total. The zero-order valence-corrected chi connectivity index (χ0v) is 66.2. The number of ether oxygens (including phenoxy) is 4. The summed E-state index contributed by atoms with van der Waals surface area (Å²) in [5.41, 5.74) is 0. The predicted octanol–water partition coefficient (Wildman–Crippen LogP) is 23.0. The second-order valence-electron chi connectivity index (χ2n) is 25.5. The van der Waals surface area contributed by atoms with Crippen molar-refractivity contribution in [1.82, 2.24) is 0 Å². The van der Waals surface area contributed by atoms with E-state index < -0.39 is 97.5 Å². The Morgan fingerprint density at radius 3 is 0.885 bits per heavy atom. The van der Waals surface area contributed by atoms with Crippen molar-refractivity contribution < 1.29 is 80.2 Å². The SMILES string of the molecule is CC/C=C\C/C=C\C/C=C\C/C=C\C/C=C\C/C=C\CCC(=O)OCC(COP(=O)(O)OCC(O)COP(=O)(O)OCC(COC(=O)CCCCCCC/C=C\C/C=C\CCC)OC(=O)CCCCCCC/C=C\CCCCCC)OC(=O)CCCCC/C=C\C/C=C\C/C=C\C/C=C\C/C=C\CC. The summed E-state index contributed by atoms with van der Waals surface area (Å²) >= 11 is 0. The molecule has 0 bridgehead atoms. The highest BCUT2D eigenvalue weighted by molar-refractivity contribution is 7.47. The normalized spacial score (nSPS) is 14.8. The van der Waals surface area contributed by atoms with E-state index in [2.05, 4.69) is 180 Å². The number of unbranched alkanes of at least 4 members (excludes halogenated alkanes) is 18. The van der Waals surface area contributed by atoms with E-state index in [1.165, 1.54) is 25.7 Å².